The van der Waals surface area contributed by atoms with Crippen LogP contribution >= 0.6 is 22.9 Å². The molecule has 1 amide bonds. The molecule has 0 aliphatic rings. The summed E-state index contributed by atoms with van der Waals surface area (Å²) < 4.78 is 1.89. The molecule has 0 aliphatic carbocycles. The van der Waals surface area contributed by atoms with Crippen LogP contribution in [0.4, 0.5) is 5.82 Å². The second kappa shape index (κ2) is 7.64. The summed E-state index contributed by atoms with van der Waals surface area (Å²) >= 11 is 7.81. The van der Waals surface area contributed by atoms with Crippen LogP contribution in [-0.2, 0) is 13.1 Å². The summed E-state index contributed by atoms with van der Waals surface area (Å²) in [5, 5.41) is 4.48. The van der Waals surface area contributed by atoms with Crippen LogP contribution in [0, 0.1) is 6.92 Å². The Morgan fingerprint density at radius 2 is 2.13 bits per heavy atom. The Hall–Kier alpha value is -3.50. The number of aromatic nitrogens is 6. The minimum absolute atomic E-state index is 0.196. The Balaban J connectivity index is 1.44. The van der Waals surface area contributed by atoms with Gasteiger partial charge in [-0.05, 0) is 30.7 Å². The summed E-state index contributed by atoms with van der Waals surface area (Å²) in [6.45, 7) is 2.72. The number of H-pyrrole nitrogens is 1. The van der Waals surface area contributed by atoms with Crippen LogP contribution in [0.25, 0.3) is 22.1 Å². The van der Waals surface area contributed by atoms with Crippen molar-refractivity contribution in [1.82, 2.24) is 34.8 Å². The monoisotopic (exact) mass is 452 g/mol. The number of hydrogen-bond donors (Lipinski definition) is 3. The van der Waals surface area contributed by atoms with Crippen LogP contribution in [0.1, 0.15) is 26.6 Å². The molecule has 9 nitrogen and oxygen atoms in total. The highest BCUT2D eigenvalue weighted by molar-refractivity contribution is 7.09. The number of carbonyl (C=O) groups excluding carboxylic acids is 1. The average Bonchev–Trinajstić information content (AvgIpc) is 3.45. The first-order valence-corrected chi connectivity index (χ1v) is 10.6. The lowest BCUT2D eigenvalue weighted by Gasteiger charge is -2.07. The van der Waals surface area contributed by atoms with Gasteiger partial charge in [0.2, 0.25) is 0 Å². The van der Waals surface area contributed by atoms with E-state index in [1.54, 1.807) is 11.8 Å². The number of carbonyl (C=O) groups is 1. The molecule has 0 unspecified atom stereocenters. The lowest BCUT2D eigenvalue weighted by atomic mass is 10.1. The molecule has 0 saturated heterocycles. The van der Waals surface area contributed by atoms with E-state index in [1.165, 1.54) is 17.7 Å². The van der Waals surface area contributed by atoms with Gasteiger partial charge in [0.15, 0.2) is 11.5 Å². The van der Waals surface area contributed by atoms with Crippen molar-refractivity contribution in [3.05, 3.63) is 63.2 Å². The van der Waals surface area contributed by atoms with Crippen molar-refractivity contribution in [3.8, 4) is 0 Å². The van der Waals surface area contributed by atoms with Gasteiger partial charge in [0.25, 0.3) is 5.91 Å². The normalized spacial score (nSPS) is 11.4. The first-order chi connectivity index (χ1) is 15.0. The number of nitrogens with zero attached hydrogens (tertiary/aromatic N) is 5. The second-order valence-electron chi connectivity index (χ2n) is 7.07. The minimum atomic E-state index is -0.196. The maximum absolute atomic E-state index is 12.4. The van der Waals surface area contributed by atoms with Crippen molar-refractivity contribution >= 4 is 56.7 Å². The van der Waals surface area contributed by atoms with E-state index < -0.39 is 0 Å². The van der Waals surface area contributed by atoms with Crippen molar-refractivity contribution in [2.75, 3.05) is 5.73 Å². The van der Waals surface area contributed by atoms with E-state index in [0.717, 1.165) is 27.0 Å². The molecule has 1 aromatic carbocycles. The van der Waals surface area contributed by atoms with E-state index in [-0.39, 0.29) is 5.91 Å². The van der Waals surface area contributed by atoms with Crippen molar-refractivity contribution in [1.29, 1.82) is 0 Å². The van der Waals surface area contributed by atoms with Gasteiger partial charge in [0, 0.05) is 21.0 Å². The van der Waals surface area contributed by atoms with Gasteiger partial charge in [-0.3, -0.25) is 4.79 Å². The molecular weight excluding hydrogens is 436 g/mol. The largest absolute Gasteiger partial charge is 0.382 e. The zero-order chi connectivity index (χ0) is 21.5. The van der Waals surface area contributed by atoms with E-state index in [4.69, 9.17) is 17.3 Å². The van der Waals surface area contributed by atoms with E-state index in [0.29, 0.717) is 40.8 Å². The first-order valence-electron chi connectivity index (χ1n) is 9.39. The summed E-state index contributed by atoms with van der Waals surface area (Å²) in [7, 11) is 0. The summed E-state index contributed by atoms with van der Waals surface area (Å²) in [5.41, 5.74) is 12.0. The molecule has 156 valence electrons. The standard InChI is InChI=1S/C20H17ClN8OS/c1-10-15(27-9-31-10)20(30)23-5-14-4-11-2-13(21)3-12(16(11)28-14)6-29-8-26-17-18(22)24-7-25-19(17)29/h2-4,7-9,28H,5-6H2,1H3,(H,23,30)(H2,22,24,25). The molecule has 0 aliphatic heterocycles. The van der Waals surface area contributed by atoms with Gasteiger partial charge >= 0.3 is 0 Å². The van der Waals surface area contributed by atoms with E-state index >= 15 is 0 Å². The Morgan fingerprint density at radius 1 is 1.26 bits per heavy atom. The van der Waals surface area contributed by atoms with Crippen molar-refractivity contribution < 1.29 is 4.79 Å². The van der Waals surface area contributed by atoms with E-state index in [9.17, 15) is 4.79 Å². The topological polar surface area (TPSA) is 127 Å². The molecule has 0 saturated carbocycles. The molecular formula is C20H17ClN8OS. The highest BCUT2D eigenvalue weighted by Crippen LogP contribution is 2.26. The average molecular weight is 453 g/mol. The van der Waals surface area contributed by atoms with Gasteiger partial charge in [0.05, 0.1) is 30.4 Å². The lowest BCUT2D eigenvalue weighted by Crippen LogP contribution is -2.23. The van der Waals surface area contributed by atoms with Crippen LogP contribution in [-0.4, -0.2) is 35.4 Å². The maximum atomic E-state index is 12.4. The number of nitrogens with two attached hydrogens (primary N) is 1. The fraction of sp³-hybridized carbons (Fsp3) is 0.150. The number of imidazole rings is 1. The number of rotatable bonds is 5. The van der Waals surface area contributed by atoms with Crippen LogP contribution in [0.5, 0.6) is 0 Å². The van der Waals surface area contributed by atoms with Gasteiger partial charge < -0.3 is 20.6 Å². The number of nitrogen functional groups attached to an aromatic ring is 1. The van der Waals surface area contributed by atoms with Crippen LogP contribution < -0.4 is 11.1 Å². The lowest BCUT2D eigenvalue weighted by molar-refractivity contribution is 0.0945. The van der Waals surface area contributed by atoms with Gasteiger partial charge in [-0.2, -0.15) is 0 Å². The van der Waals surface area contributed by atoms with E-state index in [1.807, 2.05) is 29.7 Å². The predicted molar refractivity (Wildman–Crippen MR) is 120 cm³/mol. The predicted octanol–water partition coefficient (Wildman–Crippen LogP) is 3.29. The molecule has 11 heteroatoms. The Morgan fingerprint density at radius 3 is 2.94 bits per heavy atom. The zero-order valence-electron chi connectivity index (χ0n) is 16.4. The van der Waals surface area contributed by atoms with Gasteiger partial charge in [-0.1, -0.05) is 11.6 Å². The smallest absolute Gasteiger partial charge is 0.271 e. The maximum Gasteiger partial charge on any atom is 0.271 e. The third-order valence-electron chi connectivity index (χ3n) is 5.00. The number of benzene rings is 1. The summed E-state index contributed by atoms with van der Waals surface area (Å²) in [6, 6.07) is 5.77. The molecule has 0 fully saturated rings. The summed E-state index contributed by atoms with van der Waals surface area (Å²) in [5.74, 6) is 0.145. The molecule has 5 aromatic rings. The molecule has 5 rings (SSSR count). The third-order valence-corrected chi connectivity index (χ3v) is 5.98. The Kier molecular flexibility index (Phi) is 4.79. The molecule has 0 spiro atoms. The molecule has 4 heterocycles. The van der Waals surface area contributed by atoms with Crippen LogP contribution in [0.2, 0.25) is 5.02 Å². The second-order valence-corrected chi connectivity index (χ2v) is 8.56. The Labute approximate surface area is 185 Å². The van der Waals surface area contributed by atoms with Gasteiger partial charge in [-0.15, -0.1) is 11.3 Å². The first kappa shape index (κ1) is 19.5. The number of aryl methyl sites for hydroxylation is 1. The highest BCUT2D eigenvalue weighted by Gasteiger charge is 2.14. The number of amides is 1. The number of nitrogens with one attached hydrogen (secondary N) is 2. The molecule has 0 atom stereocenters. The van der Waals surface area contributed by atoms with Crippen LogP contribution in [0.3, 0.4) is 0 Å². The Bertz CT molecular complexity index is 1440. The van der Waals surface area contributed by atoms with Gasteiger partial charge in [-0.25, -0.2) is 19.9 Å². The number of halogens is 1. The molecule has 4 aromatic heterocycles. The number of anilines is 1. The number of hydrogen-bond acceptors (Lipinski definition) is 7. The fourth-order valence-corrected chi connectivity index (χ4v) is 4.36. The van der Waals surface area contributed by atoms with Crippen molar-refractivity contribution in [2.24, 2.45) is 0 Å². The number of thiazole rings is 1. The SMILES string of the molecule is Cc1scnc1C(=O)NCc1cc2cc(Cl)cc(Cn3cnc4c(N)ncnc43)c2[nH]1. The number of aromatic amines is 1. The van der Waals surface area contributed by atoms with Gasteiger partial charge in [0.1, 0.15) is 17.5 Å². The fourth-order valence-electron chi connectivity index (χ4n) is 3.54. The third kappa shape index (κ3) is 3.60. The van der Waals surface area contributed by atoms with Crippen LogP contribution in [0.15, 0.2) is 36.4 Å². The van der Waals surface area contributed by atoms with Crippen molar-refractivity contribution in [3.63, 3.8) is 0 Å². The molecule has 4 N–H and O–H groups in total. The molecule has 0 radical (unpaired) electrons. The summed E-state index contributed by atoms with van der Waals surface area (Å²) in [4.78, 5) is 33.4. The number of fused-ring (bicyclic) bond motifs is 2. The summed E-state index contributed by atoms with van der Waals surface area (Å²) in [6.07, 6.45) is 3.10. The van der Waals surface area contributed by atoms with Crippen molar-refractivity contribution in [2.45, 2.75) is 20.0 Å². The highest BCUT2D eigenvalue weighted by atomic mass is 35.5. The molecule has 31 heavy (non-hydrogen) atoms. The zero-order valence-corrected chi connectivity index (χ0v) is 18.0. The molecule has 0 bridgehead atoms. The minimum Gasteiger partial charge on any atom is -0.382 e. The quantitative estimate of drug-likeness (QED) is 0.375. The van der Waals surface area contributed by atoms with E-state index in [2.05, 4.69) is 30.2 Å².